The molecule has 7 heteroatoms. The number of carbonyl (C=O) groups excluding carboxylic acids is 2. The second kappa shape index (κ2) is 9.03. The molecule has 0 N–H and O–H groups in total. The molecule has 0 spiro atoms. The maximum absolute atomic E-state index is 13.2. The molecule has 2 aromatic rings. The number of methoxy groups -OCH3 is 1. The van der Waals surface area contributed by atoms with Gasteiger partial charge in [-0.25, -0.2) is 9.69 Å². The highest BCUT2D eigenvalue weighted by Gasteiger charge is 2.50. The van der Waals surface area contributed by atoms with Gasteiger partial charge in [0.15, 0.2) is 0 Å². The molecule has 1 heterocycles. The van der Waals surface area contributed by atoms with Gasteiger partial charge in [0.25, 0.3) is 0 Å². The van der Waals surface area contributed by atoms with E-state index in [9.17, 15) is 9.59 Å². The van der Waals surface area contributed by atoms with E-state index in [1.54, 1.807) is 33.9 Å². The number of hydrogen-bond acceptors (Lipinski definition) is 4. The second-order valence-corrected chi connectivity index (χ2v) is 10.3. The van der Waals surface area contributed by atoms with Crippen LogP contribution in [0.25, 0.3) is 0 Å². The number of ether oxygens (including phenoxy) is 2. The van der Waals surface area contributed by atoms with Gasteiger partial charge in [-0.1, -0.05) is 53.6 Å². The summed E-state index contributed by atoms with van der Waals surface area (Å²) in [5.41, 5.74) is 1.29. The van der Waals surface area contributed by atoms with E-state index in [2.05, 4.69) is 0 Å². The number of allylic oxidation sites excluding steroid dienone is 1. The first-order chi connectivity index (χ1) is 15.6. The molecule has 1 fully saturated rings. The number of imide groups is 1. The fourth-order valence-corrected chi connectivity index (χ4v) is 5.21. The minimum Gasteiger partial charge on any atom is -0.497 e. The molecule has 0 saturated carbocycles. The van der Waals surface area contributed by atoms with Gasteiger partial charge in [-0.15, -0.1) is 0 Å². The molecule has 0 aromatic heterocycles. The molecule has 2 amide bonds. The molecule has 0 bridgehead atoms. The topological polar surface area (TPSA) is 55.8 Å². The Morgan fingerprint density at radius 3 is 2.30 bits per heavy atom. The summed E-state index contributed by atoms with van der Waals surface area (Å²) in [7, 11) is 1.60. The SMILES string of the molecule is COc1ccc([C@H]2C=C[C@H]3C(=O)N(C(=O)OC(C)(C)C)C[C@H]3[C@H]2c2ccc(Cl)cc2)c(Cl)c1. The van der Waals surface area contributed by atoms with Gasteiger partial charge >= 0.3 is 6.09 Å². The molecule has 5 nitrogen and oxygen atoms in total. The molecule has 4 atom stereocenters. The predicted molar refractivity (Wildman–Crippen MR) is 129 cm³/mol. The van der Waals surface area contributed by atoms with Crippen LogP contribution in [0.3, 0.4) is 0 Å². The molecule has 1 aliphatic heterocycles. The van der Waals surface area contributed by atoms with Gasteiger partial charge in [0.2, 0.25) is 5.91 Å². The summed E-state index contributed by atoms with van der Waals surface area (Å²) >= 11 is 12.8. The van der Waals surface area contributed by atoms with Crippen molar-refractivity contribution in [2.45, 2.75) is 38.2 Å². The van der Waals surface area contributed by atoms with Crippen molar-refractivity contribution in [3.8, 4) is 5.75 Å². The Labute approximate surface area is 204 Å². The molecule has 0 radical (unpaired) electrons. The minimum absolute atomic E-state index is 0.0838. The maximum atomic E-state index is 13.2. The van der Waals surface area contributed by atoms with Crippen molar-refractivity contribution in [2.75, 3.05) is 13.7 Å². The van der Waals surface area contributed by atoms with E-state index in [0.29, 0.717) is 15.8 Å². The summed E-state index contributed by atoms with van der Waals surface area (Å²) in [6, 6.07) is 13.3. The van der Waals surface area contributed by atoms with Gasteiger partial charge in [-0.3, -0.25) is 4.79 Å². The van der Waals surface area contributed by atoms with Crippen LogP contribution in [0.4, 0.5) is 4.79 Å². The number of fused-ring (bicyclic) bond motifs is 1. The Kier molecular flexibility index (Phi) is 6.47. The van der Waals surface area contributed by atoms with Crippen LogP contribution in [0.1, 0.15) is 43.7 Å². The van der Waals surface area contributed by atoms with Gasteiger partial charge in [0.1, 0.15) is 11.4 Å². The third-order valence-electron chi connectivity index (χ3n) is 6.22. The molecule has 174 valence electrons. The first-order valence-corrected chi connectivity index (χ1v) is 11.7. The Morgan fingerprint density at radius 1 is 1.03 bits per heavy atom. The van der Waals surface area contributed by atoms with Crippen molar-refractivity contribution < 1.29 is 19.1 Å². The molecule has 33 heavy (non-hydrogen) atoms. The highest BCUT2D eigenvalue weighted by molar-refractivity contribution is 6.31. The lowest BCUT2D eigenvalue weighted by molar-refractivity contribution is -0.129. The van der Waals surface area contributed by atoms with Crippen LogP contribution >= 0.6 is 23.2 Å². The lowest BCUT2D eigenvalue weighted by Gasteiger charge is -2.36. The van der Waals surface area contributed by atoms with Crippen molar-refractivity contribution in [3.05, 3.63) is 75.8 Å². The number of hydrogen-bond donors (Lipinski definition) is 0. The van der Waals surface area contributed by atoms with Crippen molar-refractivity contribution >= 4 is 35.2 Å². The number of halogens is 2. The average Bonchev–Trinajstić information content (AvgIpc) is 3.09. The predicted octanol–water partition coefficient (Wildman–Crippen LogP) is 6.45. The first-order valence-electron chi connectivity index (χ1n) is 10.9. The summed E-state index contributed by atoms with van der Waals surface area (Å²) in [5.74, 6) is -0.261. The normalized spacial score (nSPS) is 24.5. The largest absolute Gasteiger partial charge is 0.497 e. The zero-order chi connectivity index (χ0) is 23.9. The van der Waals surface area contributed by atoms with E-state index in [1.807, 2.05) is 48.6 Å². The van der Waals surface area contributed by atoms with E-state index in [-0.39, 0.29) is 30.2 Å². The van der Waals surface area contributed by atoms with Crippen LogP contribution in [0.5, 0.6) is 5.75 Å². The Morgan fingerprint density at radius 2 is 1.70 bits per heavy atom. The number of rotatable bonds is 3. The van der Waals surface area contributed by atoms with E-state index in [0.717, 1.165) is 11.1 Å². The smallest absolute Gasteiger partial charge is 0.417 e. The summed E-state index contributed by atoms with van der Waals surface area (Å²) in [6.45, 7) is 5.64. The van der Waals surface area contributed by atoms with E-state index in [4.69, 9.17) is 32.7 Å². The summed E-state index contributed by atoms with van der Waals surface area (Å²) in [6.07, 6.45) is 3.34. The van der Waals surface area contributed by atoms with Crippen molar-refractivity contribution in [2.24, 2.45) is 11.8 Å². The number of benzene rings is 2. The summed E-state index contributed by atoms with van der Waals surface area (Å²) in [4.78, 5) is 27.2. The van der Waals surface area contributed by atoms with Crippen LogP contribution in [0.2, 0.25) is 10.0 Å². The molecule has 4 rings (SSSR count). The van der Waals surface area contributed by atoms with Crippen LogP contribution in [-0.4, -0.2) is 36.2 Å². The minimum atomic E-state index is -0.685. The fourth-order valence-electron chi connectivity index (χ4n) is 4.79. The molecule has 1 saturated heterocycles. The third kappa shape index (κ3) is 4.75. The third-order valence-corrected chi connectivity index (χ3v) is 6.79. The highest BCUT2D eigenvalue weighted by atomic mass is 35.5. The van der Waals surface area contributed by atoms with Crippen LogP contribution < -0.4 is 4.74 Å². The highest BCUT2D eigenvalue weighted by Crippen LogP contribution is 2.51. The molecular weight excluding hydrogens is 461 g/mol. The van der Waals surface area contributed by atoms with Gasteiger partial charge in [-0.2, -0.15) is 0 Å². The molecule has 1 aliphatic carbocycles. The maximum Gasteiger partial charge on any atom is 0.417 e. The lowest BCUT2D eigenvalue weighted by atomic mass is 9.67. The number of amides is 2. The lowest BCUT2D eigenvalue weighted by Crippen LogP contribution is -2.38. The number of likely N-dealkylation sites (tertiary alicyclic amines) is 1. The van der Waals surface area contributed by atoms with Gasteiger partial charge in [-0.05, 0) is 68.0 Å². The monoisotopic (exact) mass is 487 g/mol. The number of nitrogens with zero attached hydrogens (tertiary/aromatic N) is 1. The quantitative estimate of drug-likeness (QED) is 0.466. The van der Waals surface area contributed by atoms with E-state index >= 15 is 0 Å². The van der Waals surface area contributed by atoms with E-state index < -0.39 is 17.6 Å². The fraction of sp³-hybridized carbons (Fsp3) is 0.385. The summed E-state index contributed by atoms with van der Waals surface area (Å²) < 4.78 is 10.8. The Bertz CT molecular complexity index is 1090. The van der Waals surface area contributed by atoms with Crippen LogP contribution in [0.15, 0.2) is 54.6 Å². The second-order valence-electron chi connectivity index (χ2n) is 9.49. The van der Waals surface area contributed by atoms with Gasteiger partial charge in [0, 0.05) is 22.5 Å². The van der Waals surface area contributed by atoms with E-state index in [1.165, 1.54) is 4.90 Å². The number of carbonyl (C=O) groups is 2. The molecule has 2 aliphatic rings. The van der Waals surface area contributed by atoms with Gasteiger partial charge in [0.05, 0.1) is 13.0 Å². The molecule has 2 aromatic carbocycles. The van der Waals surface area contributed by atoms with Crippen molar-refractivity contribution in [1.29, 1.82) is 0 Å². The van der Waals surface area contributed by atoms with Crippen LogP contribution in [0, 0.1) is 11.8 Å². The molecule has 0 unspecified atom stereocenters. The first kappa shape index (κ1) is 23.7. The standard InChI is InChI=1S/C26H27Cl2NO4/c1-26(2,3)33-25(31)29-14-21-20(24(29)30)12-11-19(18-10-9-17(32-4)13-22(18)28)23(21)15-5-7-16(27)8-6-15/h5-13,19-21,23H,14H2,1-4H3/t19-,20-,21-,23+/m1/s1. The van der Waals surface area contributed by atoms with Crippen molar-refractivity contribution in [3.63, 3.8) is 0 Å². The zero-order valence-corrected chi connectivity index (χ0v) is 20.6. The average molecular weight is 488 g/mol. The zero-order valence-electron chi connectivity index (χ0n) is 19.0. The van der Waals surface area contributed by atoms with Crippen LogP contribution in [-0.2, 0) is 9.53 Å². The summed E-state index contributed by atoms with van der Waals surface area (Å²) in [5, 5.41) is 1.23. The Balaban J connectivity index is 1.75. The van der Waals surface area contributed by atoms with Gasteiger partial charge < -0.3 is 9.47 Å². The Hall–Kier alpha value is -2.50. The molecular formula is C26H27Cl2NO4. The van der Waals surface area contributed by atoms with Crippen molar-refractivity contribution in [1.82, 2.24) is 4.90 Å².